The van der Waals surface area contributed by atoms with Crippen LogP contribution in [-0.4, -0.2) is 82.9 Å². The molecule has 0 N–H and O–H groups in total. The molecule has 17 heteroatoms. The molecular formula is C49H48ClN5O10S. The molecule has 7 aromatic rings. The summed E-state index contributed by atoms with van der Waals surface area (Å²) < 4.78 is 51.9. The number of hydrogen-bond acceptors (Lipinski definition) is 16. The second kappa shape index (κ2) is 20.5. The van der Waals surface area contributed by atoms with Crippen molar-refractivity contribution in [3.05, 3.63) is 129 Å². The van der Waals surface area contributed by atoms with Crippen LogP contribution in [0.5, 0.6) is 23.1 Å². The summed E-state index contributed by atoms with van der Waals surface area (Å²) >= 11 is 8.34. The van der Waals surface area contributed by atoms with Crippen LogP contribution >= 0.6 is 23.1 Å². The number of esters is 1. The first-order valence-electron chi connectivity index (χ1n) is 21.8. The number of carbonyl (C=O) groups excluding carboxylic acids is 1. The highest BCUT2D eigenvalue weighted by Gasteiger charge is 2.32. The zero-order valence-electron chi connectivity index (χ0n) is 36.8. The number of rotatable bonds is 18. The Hall–Kier alpha value is -6.33. The Morgan fingerprint density at radius 2 is 1.73 bits per heavy atom. The van der Waals surface area contributed by atoms with E-state index in [1.807, 2.05) is 73.8 Å². The standard InChI is InChI=1S/C49H48ClN5O10S/c1-29-34(15-16-38(44(29)50)60-24-21-55-19-22-59-23-20-55)42-43-41(26-52-45(42)31-10-8-11-31)66-54-47(43)64-39(48(56)62-28-40-30(2)63-49(57)65-40)25-32-9-4-6-13-36(32)61-27-33-17-18-51-46(53-33)35-12-5-7-14-37(35)58-3/h4-7,9,12-18,26,31,39H,8,10-11,19-25,27-28H2,1-3H3/t39-/m1/s1. The highest BCUT2D eigenvalue weighted by molar-refractivity contribution is 7.13. The van der Waals surface area contributed by atoms with E-state index in [2.05, 4.69) is 9.88 Å². The summed E-state index contributed by atoms with van der Waals surface area (Å²) in [6.07, 6.45) is 5.35. The summed E-state index contributed by atoms with van der Waals surface area (Å²) in [7, 11) is 1.60. The molecule has 0 amide bonds. The van der Waals surface area contributed by atoms with E-state index in [9.17, 15) is 9.59 Å². The predicted molar refractivity (Wildman–Crippen MR) is 247 cm³/mol. The first-order valence-corrected chi connectivity index (χ1v) is 23.0. The van der Waals surface area contributed by atoms with Crippen molar-refractivity contribution in [2.75, 3.05) is 46.6 Å². The lowest BCUT2D eigenvalue weighted by Gasteiger charge is -2.28. The predicted octanol–water partition coefficient (Wildman–Crippen LogP) is 8.93. The van der Waals surface area contributed by atoms with E-state index in [-0.39, 0.29) is 43.0 Å². The Balaban J connectivity index is 1.03. The molecule has 1 saturated carbocycles. The van der Waals surface area contributed by atoms with Gasteiger partial charge < -0.3 is 37.3 Å². The van der Waals surface area contributed by atoms with Crippen LogP contribution in [0.15, 0.2) is 92.8 Å². The molecule has 66 heavy (non-hydrogen) atoms. The summed E-state index contributed by atoms with van der Waals surface area (Å²) in [4.78, 5) is 42.7. The molecule has 1 aliphatic carbocycles. The number of methoxy groups -OCH3 is 1. The van der Waals surface area contributed by atoms with Gasteiger partial charge >= 0.3 is 11.8 Å². The third-order valence-electron chi connectivity index (χ3n) is 11.9. The molecule has 1 aliphatic heterocycles. The number of halogens is 1. The van der Waals surface area contributed by atoms with Gasteiger partial charge in [0.25, 0.3) is 0 Å². The van der Waals surface area contributed by atoms with Crippen molar-refractivity contribution in [1.82, 2.24) is 24.2 Å². The Labute approximate surface area is 389 Å². The minimum absolute atomic E-state index is 0.0236. The van der Waals surface area contributed by atoms with Crippen molar-refractivity contribution in [3.8, 4) is 45.6 Å². The molecule has 9 rings (SSSR count). The van der Waals surface area contributed by atoms with Crippen LogP contribution in [0, 0.1) is 13.8 Å². The second-order valence-electron chi connectivity index (χ2n) is 16.0. The fraction of sp³-hybridized carbons (Fsp3) is 0.347. The quantitative estimate of drug-likeness (QED) is 0.0747. The molecule has 2 fully saturated rings. The minimum Gasteiger partial charge on any atom is -0.496 e. The van der Waals surface area contributed by atoms with Crippen LogP contribution in [0.3, 0.4) is 0 Å². The maximum Gasteiger partial charge on any atom is 0.519 e. The zero-order valence-corrected chi connectivity index (χ0v) is 38.3. The number of carbonyl (C=O) groups is 1. The summed E-state index contributed by atoms with van der Waals surface area (Å²) in [5.74, 6) is 1.39. The molecule has 2 aliphatic rings. The van der Waals surface area contributed by atoms with Gasteiger partial charge in [0.05, 0.1) is 52.4 Å². The highest BCUT2D eigenvalue weighted by atomic mass is 35.5. The van der Waals surface area contributed by atoms with Gasteiger partial charge in [-0.25, -0.2) is 19.6 Å². The number of ether oxygens (including phenoxy) is 6. The second-order valence-corrected chi connectivity index (χ2v) is 17.2. The van der Waals surface area contributed by atoms with Gasteiger partial charge in [-0.2, -0.15) is 4.37 Å². The zero-order chi connectivity index (χ0) is 45.6. The van der Waals surface area contributed by atoms with Crippen molar-refractivity contribution in [3.63, 3.8) is 0 Å². The van der Waals surface area contributed by atoms with Crippen LogP contribution in [0.2, 0.25) is 5.02 Å². The number of morpholine rings is 1. The molecule has 15 nitrogen and oxygen atoms in total. The SMILES string of the molecule is COc1ccccc1-c1nccc(COc2ccccc2C[C@@H](Oc2nsc3cnc(C4CCC4)c(-c4ccc(OCCN5CCOCC5)c(Cl)c4C)c23)C(=O)OCc2oc(=O)oc2C)n1. The van der Waals surface area contributed by atoms with E-state index in [0.29, 0.717) is 64.6 Å². The molecule has 0 bridgehead atoms. The smallest absolute Gasteiger partial charge is 0.496 e. The third kappa shape index (κ3) is 9.92. The van der Waals surface area contributed by atoms with Gasteiger partial charge in [0.15, 0.2) is 24.0 Å². The van der Waals surface area contributed by atoms with E-state index >= 15 is 0 Å². The van der Waals surface area contributed by atoms with E-state index in [0.717, 1.165) is 71.5 Å². The molecule has 0 unspecified atom stereocenters. The van der Waals surface area contributed by atoms with Crippen LogP contribution in [0.25, 0.3) is 32.6 Å². The maximum absolute atomic E-state index is 14.3. The Bertz CT molecular complexity index is 2890. The van der Waals surface area contributed by atoms with Gasteiger partial charge in [0.2, 0.25) is 12.0 Å². The van der Waals surface area contributed by atoms with Crippen molar-refractivity contribution < 1.29 is 42.1 Å². The van der Waals surface area contributed by atoms with Crippen LogP contribution in [-0.2, 0) is 33.9 Å². The number of aryl methyl sites for hydroxylation is 1. The Morgan fingerprint density at radius 3 is 2.50 bits per heavy atom. The van der Waals surface area contributed by atoms with E-state index in [4.69, 9.17) is 63.2 Å². The van der Waals surface area contributed by atoms with Gasteiger partial charge in [-0.1, -0.05) is 54.4 Å². The van der Waals surface area contributed by atoms with Crippen molar-refractivity contribution in [2.45, 2.75) is 64.8 Å². The molecular weight excluding hydrogens is 886 g/mol. The van der Waals surface area contributed by atoms with Crippen LogP contribution in [0.1, 0.15) is 59.2 Å². The van der Waals surface area contributed by atoms with Gasteiger partial charge in [-0.05, 0) is 85.2 Å². The molecule has 1 atom stereocenters. The number of benzene rings is 3. The average molecular weight is 934 g/mol. The lowest BCUT2D eigenvalue weighted by molar-refractivity contribution is -0.154. The minimum atomic E-state index is -1.24. The number of fused-ring (bicyclic) bond motifs is 1. The van der Waals surface area contributed by atoms with Gasteiger partial charge in [-0.15, -0.1) is 0 Å². The van der Waals surface area contributed by atoms with Crippen molar-refractivity contribution in [2.24, 2.45) is 0 Å². The lowest BCUT2D eigenvalue weighted by Crippen LogP contribution is -2.38. The highest BCUT2D eigenvalue weighted by Crippen LogP contribution is 2.48. The molecule has 342 valence electrons. The van der Waals surface area contributed by atoms with Crippen molar-refractivity contribution >= 4 is 39.2 Å². The largest absolute Gasteiger partial charge is 0.519 e. The summed E-state index contributed by atoms with van der Waals surface area (Å²) in [5, 5.41) is 1.22. The number of hydrogen-bond donors (Lipinski definition) is 0. The monoisotopic (exact) mass is 933 g/mol. The molecule has 5 heterocycles. The molecule has 3 aromatic carbocycles. The van der Waals surface area contributed by atoms with E-state index in [1.165, 1.54) is 11.5 Å². The molecule has 4 aromatic heterocycles. The van der Waals surface area contributed by atoms with Gasteiger partial charge in [0, 0.05) is 49.9 Å². The number of nitrogens with zero attached hydrogens (tertiary/aromatic N) is 5. The van der Waals surface area contributed by atoms with E-state index in [1.54, 1.807) is 26.3 Å². The van der Waals surface area contributed by atoms with Crippen LogP contribution in [0.4, 0.5) is 0 Å². The first kappa shape index (κ1) is 44.9. The van der Waals surface area contributed by atoms with E-state index < -0.39 is 17.9 Å². The molecule has 0 spiro atoms. The molecule has 1 saturated heterocycles. The maximum atomic E-state index is 14.3. The fourth-order valence-electron chi connectivity index (χ4n) is 8.07. The number of para-hydroxylation sites is 2. The normalized spacial score (nSPS) is 14.7. The van der Waals surface area contributed by atoms with Gasteiger partial charge in [-0.3, -0.25) is 9.88 Å². The number of aromatic nitrogens is 4. The van der Waals surface area contributed by atoms with Crippen molar-refractivity contribution in [1.29, 1.82) is 0 Å². The summed E-state index contributed by atoms with van der Waals surface area (Å²) in [6, 6.07) is 20.6. The number of pyridine rings is 1. The summed E-state index contributed by atoms with van der Waals surface area (Å²) in [5.41, 5.74) is 5.50. The third-order valence-corrected chi connectivity index (χ3v) is 13.1. The Kier molecular flexibility index (Phi) is 13.9. The Morgan fingerprint density at radius 1 is 0.924 bits per heavy atom. The van der Waals surface area contributed by atoms with Crippen LogP contribution < -0.4 is 24.8 Å². The topological polar surface area (TPSA) is 171 Å². The molecule has 0 radical (unpaired) electrons. The fourth-order valence-corrected chi connectivity index (χ4v) is 8.98. The lowest BCUT2D eigenvalue weighted by atomic mass is 9.79. The first-order chi connectivity index (χ1) is 32.2. The summed E-state index contributed by atoms with van der Waals surface area (Å²) in [6.45, 7) is 7.70. The van der Waals surface area contributed by atoms with Gasteiger partial charge in [0.1, 0.15) is 30.5 Å². The average Bonchev–Trinajstić information content (AvgIpc) is 3.89.